The van der Waals surface area contributed by atoms with E-state index in [9.17, 15) is 9.59 Å². The zero-order valence-corrected chi connectivity index (χ0v) is 21.6. The van der Waals surface area contributed by atoms with Gasteiger partial charge in [0.05, 0.1) is 29.4 Å². The van der Waals surface area contributed by atoms with Gasteiger partial charge in [0.25, 0.3) is 5.56 Å². The number of ether oxygens (including phenoxy) is 1. The zero-order valence-electron chi connectivity index (χ0n) is 21.6. The minimum Gasteiger partial charge on any atom is -0.444 e. The monoisotopic (exact) mass is 510 g/mol. The first-order valence-corrected chi connectivity index (χ1v) is 12.3. The van der Waals surface area contributed by atoms with E-state index in [1.807, 2.05) is 20.8 Å². The predicted molar refractivity (Wildman–Crippen MR) is 135 cm³/mol. The zero-order chi connectivity index (χ0) is 26.5. The number of piperidine rings is 1. The molecule has 0 spiro atoms. The molecule has 196 valence electrons. The number of nitrogens with one attached hydrogen (secondary N) is 1. The summed E-state index contributed by atoms with van der Waals surface area (Å²) >= 11 is 0. The minimum absolute atomic E-state index is 0.0884. The molecule has 4 atom stereocenters. The SMILES string of the molecule is CN(c1ccc(-c2cnc(-c3cnn(C)c3)[nH]c2=O)nn1)[C@H]1C[C@@H]2CC[C@H]([C@H]1F)N2C(=O)OC(C)(C)C. The highest BCUT2D eigenvalue weighted by Gasteiger charge is 2.52. The van der Waals surface area contributed by atoms with Crippen LogP contribution < -0.4 is 10.5 Å². The Labute approximate surface area is 213 Å². The molecule has 2 saturated heterocycles. The summed E-state index contributed by atoms with van der Waals surface area (Å²) in [6.45, 7) is 5.42. The molecule has 2 aliphatic rings. The number of aromatic nitrogens is 6. The number of aromatic amines is 1. The first-order valence-electron chi connectivity index (χ1n) is 12.3. The highest BCUT2D eigenvalue weighted by atomic mass is 19.1. The molecule has 2 fully saturated rings. The molecule has 0 unspecified atom stereocenters. The smallest absolute Gasteiger partial charge is 0.410 e. The quantitative estimate of drug-likeness (QED) is 0.569. The Balaban J connectivity index is 1.31. The van der Waals surface area contributed by atoms with Gasteiger partial charge in [-0.3, -0.25) is 14.4 Å². The number of anilines is 1. The van der Waals surface area contributed by atoms with Crippen molar-refractivity contribution in [3.63, 3.8) is 0 Å². The molecule has 11 nitrogen and oxygen atoms in total. The Morgan fingerprint density at radius 3 is 2.62 bits per heavy atom. The molecule has 0 aliphatic carbocycles. The Morgan fingerprint density at radius 1 is 1.22 bits per heavy atom. The number of hydrogen-bond donors (Lipinski definition) is 1. The normalized spacial score (nSPS) is 23.2. The van der Waals surface area contributed by atoms with E-state index in [1.165, 1.54) is 6.20 Å². The van der Waals surface area contributed by atoms with E-state index in [0.29, 0.717) is 35.7 Å². The highest BCUT2D eigenvalue weighted by molar-refractivity contribution is 5.70. The fourth-order valence-corrected chi connectivity index (χ4v) is 5.19. The van der Waals surface area contributed by atoms with Gasteiger partial charge in [0.2, 0.25) is 0 Å². The number of aryl methyl sites for hydroxylation is 1. The van der Waals surface area contributed by atoms with Crippen LogP contribution in [0.25, 0.3) is 22.6 Å². The van der Waals surface area contributed by atoms with Crippen LogP contribution in [0.3, 0.4) is 0 Å². The van der Waals surface area contributed by atoms with Crippen LogP contribution in [0.15, 0.2) is 35.5 Å². The summed E-state index contributed by atoms with van der Waals surface area (Å²) in [5.74, 6) is 0.894. The van der Waals surface area contributed by atoms with Gasteiger partial charge in [0.1, 0.15) is 23.3 Å². The summed E-state index contributed by atoms with van der Waals surface area (Å²) in [7, 11) is 3.56. The van der Waals surface area contributed by atoms with Crippen LogP contribution in [-0.4, -0.2) is 77.9 Å². The van der Waals surface area contributed by atoms with Gasteiger partial charge in [-0.1, -0.05) is 0 Å². The lowest BCUT2D eigenvalue weighted by Crippen LogP contribution is -2.59. The standard InChI is InChI=1S/C25H31FN8O3/c1-25(2,3)37-24(36)34-15-6-8-18(34)21(26)19(10-15)33(5)20-9-7-17(30-31-20)16-12-27-22(29-23(16)35)14-11-28-32(4)13-14/h7,9,11-13,15,18-19,21H,6,8,10H2,1-5H3,(H,27,29,35)/t15-,18+,19-,21+/m0/s1. The number of carbonyl (C=O) groups excluding carboxylic acids is 1. The molecule has 3 aromatic rings. The van der Waals surface area contributed by atoms with Crippen molar-refractivity contribution in [3.05, 3.63) is 41.1 Å². The third kappa shape index (κ3) is 4.79. The second-order valence-corrected chi connectivity index (χ2v) is 10.7. The van der Waals surface area contributed by atoms with Crippen molar-refractivity contribution in [3.8, 4) is 22.6 Å². The molecule has 3 aromatic heterocycles. The maximum Gasteiger partial charge on any atom is 0.410 e. The summed E-state index contributed by atoms with van der Waals surface area (Å²) in [5.41, 5.74) is 0.353. The van der Waals surface area contributed by atoms with Crippen LogP contribution >= 0.6 is 0 Å². The Kier molecular flexibility index (Phi) is 6.20. The average molecular weight is 511 g/mol. The van der Waals surface area contributed by atoms with Crippen molar-refractivity contribution in [1.82, 2.24) is 34.8 Å². The molecule has 0 saturated carbocycles. The summed E-state index contributed by atoms with van der Waals surface area (Å²) in [6, 6.07) is 2.31. The van der Waals surface area contributed by atoms with Crippen molar-refractivity contribution >= 4 is 11.9 Å². The van der Waals surface area contributed by atoms with Crippen LogP contribution in [0.5, 0.6) is 0 Å². The molecule has 12 heteroatoms. The number of rotatable bonds is 4. The second kappa shape index (κ2) is 9.24. The Bertz CT molecular complexity index is 1350. The van der Waals surface area contributed by atoms with E-state index in [1.54, 1.807) is 53.1 Å². The van der Waals surface area contributed by atoms with Crippen molar-refractivity contribution in [1.29, 1.82) is 0 Å². The topological polar surface area (TPSA) is 122 Å². The number of nitrogens with zero attached hydrogens (tertiary/aromatic N) is 7. The van der Waals surface area contributed by atoms with Gasteiger partial charge in [-0.25, -0.2) is 14.2 Å². The summed E-state index contributed by atoms with van der Waals surface area (Å²) in [6.07, 6.45) is 4.92. The molecule has 1 N–H and O–H groups in total. The first kappa shape index (κ1) is 24.8. The number of H-pyrrole nitrogens is 1. The van der Waals surface area contributed by atoms with E-state index in [-0.39, 0.29) is 17.2 Å². The van der Waals surface area contributed by atoms with Crippen LogP contribution in [0.1, 0.15) is 40.0 Å². The summed E-state index contributed by atoms with van der Waals surface area (Å²) in [4.78, 5) is 35.9. The Morgan fingerprint density at radius 2 is 2.00 bits per heavy atom. The van der Waals surface area contributed by atoms with Crippen molar-refractivity contribution in [2.24, 2.45) is 7.05 Å². The predicted octanol–water partition coefficient (Wildman–Crippen LogP) is 2.94. The molecule has 5 rings (SSSR count). The van der Waals surface area contributed by atoms with Crippen molar-refractivity contribution in [2.45, 2.75) is 69.9 Å². The number of halogens is 1. The second-order valence-electron chi connectivity index (χ2n) is 10.7. The van der Waals surface area contributed by atoms with Gasteiger partial charge in [0, 0.05) is 32.5 Å². The molecule has 1 amide bonds. The number of carbonyl (C=O) groups is 1. The van der Waals surface area contributed by atoms with Crippen LogP contribution in [0.2, 0.25) is 0 Å². The van der Waals surface area contributed by atoms with Gasteiger partial charge in [-0.05, 0) is 52.2 Å². The van der Waals surface area contributed by atoms with Crippen LogP contribution in [0.4, 0.5) is 15.0 Å². The lowest BCUT2D eigenvalue weighted by atomic mass is 9.94. The molecule has 0 aromatic carbocycles. The lowest BCUT2D eigenvalue weighted by molar-refractivity contribution is -0.0104. The van der Waals surface area contributed by atoms with Crippen molar-refractivity contribution in [2.75, 3.05) is 11.9 Å². The third-order valence-electron chi connectivity index (χ3n) is 6.96. The van der Waals surface area contributed by atoms with E-state index < -0.39 is 29.9 Å². The fourth-order valence-electron chi connectivity index (χ4n) is 5.19. The maximum absolute atomic E-state index is 15.7. The number of amides is 1. The van der Waals surface area contributed by atoms with Gasteiger partial charge >= 0.3 is 6.09 Å². The van der Waals surface area contributed by atoms with E-state index >= 15 is 4.39 Å². The highest BCUT2D eigenvalue weighted by Crippen LogP contribution is 2.40. The van der Waals surface area contributed by atoms with Crippen molar-refractivity contribution < 1.29 is 13.9 Å². The van der Waals surface area contributed by atoms with E-state index in [2.05, 4.69) is 25.3 Å². The summed E-state index contributed by atoms with van der Waals surface area (Å²) < 4.78 is 22.9. The van der Waals surface area contributed by atoms with Gasteiger partial charge < -0.3 is 14.6 Å². The molecule has 2 bridgehead atoms. The van der Waals surface area contributed by atoms with Gasteiger partial charge in [0.15, 0.2) is 5.82 Å². The Hall–Kier alpha value is -3.83. The average Bonchev–Trinajstić information content (AvgIpc) is 3.43. The van der Waals surface area contributed by atoms with Gasteiger partial charge in [-0.2, -0.15) is 5.10 Å². The van der Waals surface area contributed by atoms with Crippen LogP contribution in [0, 0.1) is 0 Å². The van der Waals surface area contributed by atoms with E-state index in [4.69, 9.17) is 4.74 Å². The number of fused-ring (bicyclic) bond motifs is 2. The maximum atomic E-state index is 15.7. The third-order valence-corrected chi connectivity index (χ3v) is 6.96. The molecular weight excluding hydrogens is 479 g/mol. The lowest BCUT2D eigenvalue weighted by Gasteiger charge is -2.44. The number of alkyl halides is 1. The fraction of sp³-hybridized carbons (Fsp3) is 0.520. The molecule has 5 heterocycles. The minimum atomic E-state index is -1.26. The largest absolute Gasteiger partial charge is 0.444 e. The van der Waals surface area contributed by atoms with Gasteiger partial charge in [-0.15, -0.1) is 10.2 Å². The van der Waals surface area contributed by atoms with E-state index in [0.717, 1.165) is 6.42 Å². The van der Waals surface area contributed by atoms with Crippen LogP contribution in [-0.2, 0) is 11.8 Å². The molecule has 37 heavy (non-hydrogen) atoms. The number of hydrogen-bond acceptors (Lipinski definition) is 8. The first-order chi connectivity index (χ1) is 17.5. The molecular formula is C25H31FN8O3. The molecule has 2 aliphatic heterocycles. The summed E-state index contributed by atoms with van der Waals surface area (Å²) in [5, 5.41) is 12.6. The molecule has 0 radical (unpaired) electrons.